The van der Waals surface area contributed by atoms with Gasteiger partial charge < -0.3 is 5.32 Å². The molecular formula is C14H14N4OS. The second-order valence-corrected chi connectivity index (χ2v) is 5.40. The summed E-state index contributed by atoms with van der Waals surface area (Å²) in [5.41, 5.74) is 3.95. The van der Waals surface area contributed by atoms with E-state index in [-0.39, 0.29) is 11.9 Å². The van der Waals surface area contributed by atoms with Gasteiger partial charge in [0.2, 0.25) is 4.96 Å². The van der Waals surface area contributed by atoms with Crippen molar-refractivity contribution in [2.75, 3.05) is 0 Å². The molecule has 0 bridgehead atoms. The van der Waals surface area contributed by atoms with E-state index < -0.39 is 0 Å². The molecule has 0 saturated heterocycles. The highest BCUT2D eigenvalue weighted by Gasteiger charge is 2.20. The van der Waals surface area contributed by atoms with Crippen molar-refractivity contribution in [1.82, 2.24) is 19.9 Å². The Morgan fingerprint density at radius 3 is 2.85 bits per heavy atom. The van der Waals surface area contributed by atoms with Crippen LogP contribution in [0.3, 0.4) is 0 Å². The van der Waals surface area contributed by atoms with Crippen LogP contribution in [0, 0.1) is 6.92 Å². The fraction of sp³-hybridized carbons (Fsp3) is 0.214. The molecule has 5 nitrogen and oxygen atoms in total. The third kappa shape index (κ3) is 2.18. The molecule has 2 heterocycles. The molecule has 1 aromatic carbocycles. The third-order valence-corrected chi connectivity index (χ3v) is 3.86. The van der Waals surface area contributed by atoms with E-state index in [1.807, 2.05) is 44.2 Å². The number of carbonyl (C=O) groups is 1. The van der Waals surface area contributed by atoms with Gasteiger partial charge in [0, 0.05) is 0 Å². The van der Waals surface area contributed by atoms with E-state index in [2.05, 4.69) is 15.4 Å². The topological polar surface area (TPSA) is 59.3 Å². The molecule has 1 N–H and O–H groups in total. The molecule has 0 spiro atoms. The normalized spacial score (nSPS) is 12.5. The molecule has 102 valence electrons. The molecule has 3 rings (SSSR count). The molecule has 1 atom stereocenters. The van der Waals surface area contributed by atoms with Crippen LogP contribution in [0.2, 0.25) is 0 Å². The van der Waals surface area contributed by atoms with Gasteiger partial charge in [-0.2, -0.15) is 9.61 Å². The zero-order valence-corrected chi connectivity index (χ0v) is 12.0. The Bertz CT molecular complexity index is 747. The van der Waals surface area contributed by atoms with E-state index in [0.717, 1.165) is 10.5 Å². The molecule has 2 aromatic heterocycles. The molecule has 20 heavy (non-hydrogen) atoms. The zero-order valence-electron chi connectivity index (χ0n) is 11.2. The summed E-state index contributed by atoms with van der Waals surface area (Å²) >= 11 is 1.42. The summed E-state index contributed by atoms with van der Waals surface area (Å²) in [5.74, 6) is -0.155. The van der Waals surface area contributed by atoms with Gasteiger partial charge in [0.05, 0.1) is 11.7 Å². The lowest BCUT2D eigenvalue weighted by Gasteiger charge is -2.13. The Morgan fingerprint density at radius 1 is 1.35 bits per heavy atom. The van der Waals surface area contributed by atoms with Gasteiger partial charge in [-0.15, -0.1) is 0 Å². The van der Waals surface area contributed by atoms with E-state index in [1.165, 1.54) is 11.3 Å². The summed E-state index contributed by atoms with van der Waals surface area (Å²) in [4.78, 5) is 17.5. The molecule has 1 amide bonds. The Hall–Kier alpha value is -2.21. The molecule has 3 aromatic rings. The smallest absolute Gasteiger partial charge is 0.272 e. The number of imidazole rings is 1. The number of amides is 1. The number of aryl methyl sites for hydroxylation is 1. The van der Waals surface area contributed by atoms with Crippen molar-refractivity contribution in [1.29, 1.82) is 0 Å². The minimum Gasteiger partial charge on any atom is -0.344 e. The van der Waals surface area contributed by atoms with Crippen molar-refractivity contribution in [3.8, 4) is 0 Å². The SMILES string of the molecule is Cc1nc2scnn2c1C(=O)NC(C)c1ccccc1. The van der Waals surface area contributed by atoms with E-state index >= 15 is 0 Å². The predicted octanol–water partition coefficient (Wildman–Crippen LogP) is 2.59. The summed E-state index contributed by atoms with van der Waals surface area (Å²) in [7, 11) is 0. The second-order valence-electron chi connectivity index (χ2n) is 4.58. The van der Waals surface area contributed by atoms with Crippen molar-refractivity contribution < 1.29 is 4.79 Å². The number of carbonyl (C=O) groups excluding carboxylic acids is 1. The quantitative estimate of drug-likeness (QED) is 0.805. The van der Waals surface area contributed by atoms with Gasteiger partial charge in [0.25, 0.3) is 5.91 Å². The van der Waals surface area contributed by atoms with Gasteiger partial charge >= 0.3 is 0 Å². The van der Waals surface area contributed by atoms with Crippen LogP contribution in [-0.4, -0.2) is 20.5 Å². The lowest BCUT2D eigenvalue weighted by Crippen LogP contribution is -2.28. The van der Waals surface area contributed by atoms with Crippen molar-refractivity contribution >= 4 is 22.2 Å². The number of hydrogen-bond acceptors (Lipinski definition) is 4. The molecule has 0 aliphatic heterocycles. The molecule has 0 aliphatic rings. The minimum absolute atomic E-state index is 0.0627. The Kier molecular flexibility index (Phi) is 3.23. The minimum atomic E-state index is -0.155. The van der Waals surface area contributed by atoms with Gasteiger partial charge in [-0.05, 0) is 19.4 Å². The maximum absolute atomic E-state index is 12.4. The monoisotopic (exact) mass is 286 g/mol. The van der Waals surface area contributed by atoms with Gasteiger partial charge in [-0.1, -0.05) is 41.7 Å². The Balaban J connectivity index is 1.86. The highest BCUT2D eigenvalue weighted by molar-refractivity contribution is 7.14. The van der Waals surface area contributed by atoms with E-state index in [4.69, 9.17) is 0 Å². The number of nitrogens with zero attached hydrogens (tertiary/aromatic N) is 3. The van der Waals surface area contributed by atoms with Gasteiger partial charge in [-0.3, -0.25) is 4.79 Å². The molecule has 0 saturated carbocycles. The van der Waals surface area contributed by atoms with Crippen LogP contribution in [0.4, 0.5) is 0 Å². The largest absolute Gasteiger partial charge is 0.344 e. The van der Waals surface area contributed by atoms with Crippen molar-refractivity contribution in [3.63, 3.8) is 0 Å². The van der Waals surface area contributed by atoms with Gasteiger partial charge in [0.15, 0.2) is 5.69 Å². The van der Waals surface area contributed by atoms with Crippen molar-refractivity contribution in [2.45, 2.75) is 19.9 Å². The number of aromatic nitrogens is 3. The summed E-state index contributed by atoms with van der Waals surface area (Å²) in [5, 5.41) is 7.14. The predicted molar refractivity (Wildman–Crippen MR) is 77.9 cm³/mol. The highest BCUT2D eigenvalue weighted by Crippen LogP contribution is 2.17. The van der Waals surface area contributed by atoms with Crippen LogP contribution in [0.25, 0.3) is 4.96 Å². The van der Waals surface area contributed by atoms with Crippen LogP contribution in [-0.2, 0) is 0 Å². The second kappa shape index (κ2) is 5.05. The van der Waals surface area contributed by atoms with E-state index in [0.29, 0.717) is 11.4 Å². The fourth-order valence-electron chi connectivity index (χ4n) is 2.14. The number of benzene rings is 1. The first kappa shape index (κ1) is 12.8. The number of nitrogens with one attached hydrogen (secondary N) is 1. The fourth-order valence-corrected chi connectivity index (χ4v) is 2.81. The number of rotatable bonds is 3. The maximum atomic E-state index is 12.4. The molecule has 1 unspecified atom stereocenters. The summed E-state index contributed by atoms with van der Waals surface area (Å²) < 4.78 is 1.59. The van der Waals surface area contributed by atoms with Crippen LogP contribution in [0.5, 0.6) is 0 Å². The maximum Gasteiger partial charge on any atom is 0.272 e. The summed E-state index contributed by atoms with van der Waals surface area (Å²) in [6.45, 7) is 3.78. The van der Waals surface area contributed by atoms with Gasteiger partial charge in [0.1, 0.15) is 5.51 Å². The molecular weight excluding hydrogens is 272 g/mol. The number of hydrogen-bond donors (Lipinski definition) is 1. The van der Waals surface area contributed by atoms with E-state index in [1.54, 1.807) is 10.0 Å². The molecule has 6 heteroatoms. The molecule has 0 fully saturated rings. The Morgan fingerprint density at radius 2 is 2.10 bits per heavy atom. The van der Waals surface area contributed by atoms with Crippen LogP contribution >= 0.6 is 11.3 Å². The lowest BCUT2D eigenvalue weighted by atomic mass is 10.1. The van der Waals surface area contributed by atoms with Crippen LogP contribution in [0.15, 0.2) is 35.8 Å². The van der Waals surface area contributed by atoms with Crippen LogP contribution in [0.1, 0.15) is 34.7 Å². The summed E-state index contributed by atoms with van der Waals surface area (Å²) in [6, 6.07) is 9.80. The average Bonchev–Trinajstić information content (AvgIpc) is 2.99. The highest BCUT2D eigenvalue weighted by atomic mass is 32.1. The van der Waals surface area contributed by atoms with Crippen molar-refractivity contribution in [2.24, 2.45) is 0 Å². The van der Waals surface area contributed by atoms with Crippen molar-refractivity contribution in [3.05, 3.63) is 52.8 Å². The summed E-state index contributed by atoms with van der Waals surface area (Å²) in [6.07, 6.45) is 0. The van der Waals surface area contributed by atoms with E-state index in [9.17, 15) is 4.79 Å². The van der Waals surface area contributed by atoms with Gasteiger partial charge in [-0.25, -0.2) is 4.98 Å². The molecule has 0 radical (unpaired) electrons. The third-order valence-electron chi connectivity index (χ3n) is 3.18. The Labute approximate surface area is 120 Å². The zero-order chi connectivity index (χ0) is 14.1. The number of fused-ring (bicyclic) bond motifs is 1. The lowest BCUT2D eigenvalue weighted by molar-refractivity contribution is 0.0932. The first-order chi connectivity index (χ1) is 9.66. The average molecular weight is 286 g/mol. The first-order valence-electron chi connectivity index (χ1n) is 6.31. The van der Waals surface area contributed by atoms with Crippen LogP contribution < -0.4 is 5.32 Å². The molecule has 0 aliphatic carbocycles. The first-order valence-corrected chi connectivity index (χ1v) is 7.19. The standard InChI is InChI=1S/C14H14N4OS/c1-9(11-6-4-3-5-7-11)16-13(19)12-10(2)17-14-18(12)15-8-20-14/h3-9H,1-2H3,(H,16,19).